The molecule has 0 radical (unpaired) electrons. The van der Waals surface area contributed by atoms with Gasteiger partial charge in [0.1, 0.15) is 0 Å². The highest BCUT2D eigenvalue weighted by molar-refractivity contribution is 6.09. The molecule has 2 aromatic rings. The summed E-state index contributed by atoms with van der Waals surface area (Å²) < 4.78 is 0. The Hall–Kier alpha value is -1.96. The highest BCUT2D eigenvalue weighted by atomic mass is 16.1. The van der Waals surface area contributed by atoms with Crippen LogP contribution in [0, 0.1) is 13.8 Å². The highest BCUT2D eigenvalue weighted by Gasteiger charge is 2.11. The molecule has 2 rings (SSSR count). The van der Waals surface area contributed by atoms with E-state index in [2.05, 4.69) is 4.98 Å². The van der Waals surface area contributed by atoms with Gasteiger partial charge in [0, 0.05) is 23.5 Å². The summed E-state index contributed by atoms with van der Waals surface area (Å²) in [6.45, 7) is 3.94. The van der Waals surface area contributed by atoms with Gasteiger partial charge in [-0.25, -0.2) is 0 Å². The van der Waals surface area contributed by atoms with Gasteiger partial charge in [0.15, 0.2) is 5.78 Å². The zero-order valence-electron chi connectivity index (χ0n) is 9.40. The van der Waals surface area contributed by atoms with Gasteiger partial charge in [0.2, 0.25) is 0 Å². The van der Waals surface area contributed by atoms with Crippen LogP contribution in [-0.4, -0.2) is 10.8 Å². The molecule has 0 spiro atoms. The first-order valence-corrected chi connectivity index (χ1v) is 5.20. The van der Waals surface area contributed by atoms with Crippen LogP contribution < -0.4 is 0 Å². The maximum Gasteiger partial charge on any atom is 0.193 e. The third-order valence-electron chi connectivity index (χ3n) is 2.58. The van der Waals surface area contributed by atoms with Crippen molar-refractivity contribution in [2.24, 2.45) is 0 Å². The zero-order valence-corrected chi connectivity index (χ0v) is 9.40. The van der Waals surface area contributed by atoms with E-state index in [1.54, 1.807) is 24.5 Å². The van der Waals surface area contributed by atoms with Gasteiger partial charge in [-0.05, 0) is 37.6 Å². The fraction of sp³-hybridized carbons (Fsp3) is 0.143. The second-order valence-corrected chi connectivity index (χ2v) is 3.88. The fourth-order valence-corrected chi connectivity index (χ4v) is 1.64. The van der Waals surface area contributed by atoms with Gasteiger partial charge >= 0.3 is 0 Å². The maximum absolute atomic E-state index is 12.2. The molecule has 1 aromatic heterocycles. The summed E-state index contributed by atoms with van der Waals surface area (Å²) in [4.78, 5) is 16.1. The van der Waals surface area contributed by atoms with Crippen molar-refractivity contribution in [1.82, 2.24) is 4.98 Å². The predicted octanol–water partition coefficient (Wildman–Crippen LogP) is 2.93. The average Bonchev–Trinajstić information content (AvgIpc) is 2.32. The lowest BCUT2D eigenvalue weighted by Crippen LogP contribution is -2.04. The molecule has 0 aliphatic heterocycles. The van der Waals surface area contributed by atoms with Crippen molar-refractivity contribution < 1.29 is 4.79 Å². The van der Waals surface area contributed by atoms with Crippen LogP contribution in [-0.2, 0) is 0 Å². The first kappa shape index (κ1) is 10.6. The minimum atomic E-state index is 0.0589. The summed E-state index contributed by atoms with van der Waals surface area (Å²) in [6, 6.07) is 9.40. The number of aromatic nitrogens is 1. The van der Waals surface area contributed by atoms with Gasteiger partial charge in [-0.15, -0.1) is 0 Å². The molecule has 80 valence electrons. The van der Waals surface area contributed by atoms with E-state index in [-0.39, 0.29) is 5.78 Å². The third kappa shape index (κ3) is 2.01. The number of carbonyl (C=O) groups excluding carboxylic acids is 1. The number of ketones is 1. The minimum Gasteiger partial charge on any atom is -0.289 e. The summed E-state index contributed by atoms with van der Waals surface area (Å²) in [5.74, 6) is 0.0589. The first-order valence-electron chi connectivity index (χ1n) is 5.20. The molecule has 2 nitrogen and oxygen atoms in total. The van der Waals surface area contributed by atoms with Crippen LogP contribution in [0.2, 0.25) is 0 Å². The summed E-state index contributed by atoms with van der Waals surface area (Å²) in [5.41, 5.74) is 3.56. The Labute approximate surface area is 95.0 Å². The molecule has 0 amide bonds. The molecular weight excluding hydrogens is 198 g/mol. The summed E-state index contributed by atoms with van der Waals surface area (Å²) >= 11 is 0. The van der Waals surface area contributed by atoms with Crippen molar-refractivity contribution in [2.45, 2.75) is 13.8 Å². The maximum atomic E-state index is 12.2. The molecule has 0 aliphatic rings. The molecule has 0 atom stereocenters. The Balaban J connectivity index is 2.46. The van der Waals surface area contributed by atoms with E-state index in [4.69, 9.17) is 0 Å². The van der Waals surface area contributed by atoms with Crippen molar-refractivity contribution in [3.63, 3.8) is 0 Å². The van der Waals surface area contributed by atoms with Crippen LogP contribution in [0.1, 0.15) is 27.0 Å². The highest BCUT2D eigenvalue weighted by Crippen LogP contribution is 2.15. The number of hydrogen-bond acceptors (Lipinski definition) is 2. The zero-order chi connectivity index (χ0) is 11.5. The number of benzene rings is 1. The molecule has 0 saturated carbocycles. The fourth-order valence-electron chi connectivity index (χ4n) is 1.64. The molecule has 0 aliphatic carbocycles. The number of carbonyl (C=O) groups is 1. The van der Waals surface area contributed by atoms with Crippen LogP contribution in [0.5, 0.6) is 0 Å². The van der Waals surface area contributed by atoms with E-state index in [0.29, 0.717) is 5.56 Å². The van der Waals surface area contributed by atoms with Gasteiger partial charge in [0.25, 0.3) is 0 Å². The third-order valence-corrected chi connectivity index (χ3v) is 2.58. The molecule has 0 fully saturated rings. The average molecular weight is 211 g/mol. The van der Waals surface area contributed by atoms with Crippen LogP contribution in [0.15, 0.2) is 42.7 Å². The number of hydrogen-bond donors (Lipinski definition) is 0. The lowest BCUT2D eigenvalue weighted by atomic mass is 9.98. The topological polar surface area (TPSA) is 30.0 Å². The Kier molecular flexibility index (Phi) is 2.82. The van der Waals surface area contributed by atoms with Crippen molar-refractivity contribution >= 4 is 5.78 Å². The smallest absolute Gasteiger partial charge is 0.193 e. The molecule has 0 N–H and O–H groups in total. The summed E-state index contributed by atoms with van der Waals surface area (Å²) in [6.07, 6.45) is 3.27. The standard InChI is InChI=1S/C14H13NO/c1-10-3-4-11(2)13(9-10)14(16)12-5-7-15-8-6-12/h3-9H,1-2H3. The molecule has 0 saturated heterocycles. The van der Waals surface area contributed by atoms with Crippen LogP contribution in [0.25, 0.3) is 0 Å². The normalized spacial score (nSPS) is 10.1. The van der Waals surface area contributed by atoms with Crippen LogP contribution >= 0.6 is 0 Å². The second-order valence-electron chi connectivity index (χ2n) is 3.88. The number of pyridine rings is 1. The van der Waals surface area contributed by atoms with E-state index in [1.165, 1.54) is 0 Å². The molecule has 0 bridgehead atoms. The van der Waals surface area contributed by atoms with E-state index in [0.717, 1.165) is 16.7 Å². The quantitative estimate of drug-likeness (QED) is 0.715. The lowest BCUT2D eigenvalue weighted by molar-refractivity contribution is 0.103. The van der Waals surface area contributed by atoms with Gasteiger partial charge in [0.05, 0.1) is 0 Å². The van der Waals surface area contributed by atoms with Crippen LogP contribution in [0.4, 0.5) is 0 Å². The van der Waals surface area contributed by atoms with Gasteiger partial charge in [-0.3, -0.25) is 9.78 Å². The van der Waals surface area contributed by atoms with E-state index >= 15 is 0 Å². The first-order chi connectivity index (χ1) is 7.68. The van der Waals surface area contributed by atoms with E-state index in [9.17, 15) is 4.79 Å². The monoisotopic (exact) mass is 211 g/mol. The largest absolute Gasteiger partial charge is 0.289 e. The van der Waals surface area contributed by atoms with E-state index < -0.39 is 0 Å². The molecule has 1 heterocycles. The molecular formula is C14H13NO. The SMILES string of the molecule is Cc1ccc(C)c(C(=O)c2ccncc2)c1. The summed E-state index contributed by atoms with van der Waals surface area (Å²) in [5, 5.41) is 0. The number of aryl methyl sites for hydroxylation is 2. The Bertz CT molecular complexity index is 518. The lowest BCUT2D eigenvalue weighted by Gasteiger charge is -2.05. The second kappa shape index (κ2) is 4.27. The number of rotatable bonds is 2. The Morgan fingerprint density at radius 1 is 1.06 bits per heavy atom. The molecule has 16 heavy (non-hydrogen) atoms. The van der Waals surface area contributed by atoms with Crippen LogP contribution in [0.3, 0.4) is 0 Å². The Morgan fingerprint density at radius 3 is 2.44 bits per heavy atom. The van der Waals surface area contributed by atoms with Crippen molar-refractivity contribution in [3.8, 4) is 0 Å². The molecule has 2 heteroatoms. The van der Waals surface area contributed by atoms with Gasteiger partial charge in [-0.1, -0.05) is 17.7 Å². The van der Waals surface area contributed by atoms with Gasteiger partial charge in [-0.2, -0.15) is 0 Å². The van der Waals surface area contributed by atoms with Crippen molar-refractivity contribution in [3.05, 3.63) is 65.0 Å². The minimum absolute atomic E-state index is 0.0589. The van der Waals surface area contributed by atoms with E-state index in [1.807, 2.05) is 32.0 Å². The van der Waals surface area contributed by atoms with Crippen molar-refractivity contribution in [2.75, 3.05) is 0 Å². The van der Waals surface area contributed by atoms with Gasteiger partial charge < -0.3 is 0 Å². The molecule has 1 aromatic carbocycles. The summed E-state index contributed by atoms with van der Waals surface area (Å²) in [7, 11) is 0. The predicted molar refractivity (Wildman–Crippen MR) is 63.6 cm³/mol. The molecule has 0 unspecified atom stereocenters. The Morgan fingerprint density at radius 2 is 1.75 bits per heavy atom. The van der Waals surface area contributed by atoms with Crippen molar-refractivity contribution in [1.29, 1.82) is 0 Å². The number of nitrogens with zero attached hydrogens (tertiary/aromatic N) is 1.